The normalized spacial score (nSPS) is 38.5. The summed E-state index contributed by atoms with van der Waals surface area (Å²) in [6.45, 7) is 14.8. The Kier molecular flexibility index (Phi) is 4.38. The number of hydrogen-bond donors (Lipinski definition) is 0. The van der Waals surface area contributed by atoms with Gasteiger partial charge in [0, 0.05) is 6.08 Å². The lowest BCUT2D eigenvalue weighted by atomic mass is 10.1. The van der Waals surface area contributed by atoms with Gasteiger partial charge in [0.1, 0.15) is 32.1 Å². The van der Waals surface area contributed by atoms with E-state index in [0.717, 1.165) is 5.76 Å². The molecule has 0 bridgehead atoms. The van der Waals surface area contributed by atoms with E-state index in [9.17, 15) is 0 Å². The first-order chi connectivity index (χ1) is 11.0. The van der Waals surface area contributed by atoms with Crippen molar-refractivity contribution in [3.8, 4) is 11.5 Å². The van der Waals surface area contributed by atoms with Crippen molar-refractivity contribution in [3.05, 3.63) is 11.8 Å². The molecule has 0 N–H and O–H groups in total. The quantitative estimate of drug-likeness (QED) is 0.536. The number of fused-ring (bicyclic) bond motifs is 1. The Hall–Kier alpha value is -0.843. The maximum atomic E-state index is 6.13. The van der Waals surface area contributed by atoms with Crippen LogP contribution in [-0.2, 0) is 23.7 Å². The molecule has 0 aromatic carbocycles. The third kappa shape index (κ3) is 3.87. The monoisotopic (exact) mass is 352 g/mol. The zero-order valence-electron chi connectivity index (χ0n) is 15.6. The van der Waals surface area contributed by atoms with Crippen molar-refractivity contribution in [3.63, 3.8) is 0 Å². The molecule has 6 heteroatoms. The van der Waals surface area contributed by atoms with Crippen LogP contribution in [0.4, 0.5) is 0 Å². The van der Waals surface area contributed by atoms with E-state index in [1.165, 1.54) is 0 Å². The first-order valence-corrected chi connectivity index (χ1v) is 12.0. The van der Waals surface area contributed by atoms with Crippen LogP contribution in [-0.4, -0.2) is 50.7 Å². The fraction of sp³-hybridized carbons (Fsp3) is 0.778. The predicted molar refractivity (Wildman–Crippen MR) is 92.8 cm³/mol. The highest BCUT2D eigenvalue weighted by Gasteiger charge is 2.57. The van der Waals surface area contributed by atoms with Crippen LogP contribution in [0, 0.1) is 11.5 Å². The molecule has 0 aromatic rings. The van der Waals surface area contributed by atoms with E-state index >= 15 is 0 Å². The van der Waals surface area contributed by atoms with Crippen LogP contribution >= 0.6 is 0 Å². The minimum absolute atomic E-state index is 0.180. The van der Waals surface area contributed by atoms with E-state index in [2.05, 4.69) is 31.1 Å². The zero-order valence-corrected chi connectivity index (χ0v) is 16.6. The molecular formula is C18H28O5Si. The molecule has 3 aliphatic heterocycles. The lowest BCUT2D eigenvalue weighted by Crippen LogP contribution is -2.40. The average Bonchev–Trinajstić information content (AvgIpc) is 3.00. The molecule has 3 rings (SSSR count). The minimum atomic E-state index is -1.43. The van der Waals surface area contributed by atoms with Crippen LogP contribution in [0.3, 0.4) is 0 Å². The zero-order chi connectivity index (χ0) is 17.8. The summed E-state index contributed by atoms with van der Waals surface area (Å²) in [5.41, 5.74) is 3.33. The lowest BCUT2D eigenvalue weighted by Gasteiger charge is -2.25. The molecule has 0 spiro atoms. The van der Waals surface area contributed by atoms with Crippen molar-refractivity contribution in [2.24, 2.45) is 0 Å². The standard InChI is InChI=1S/C18H28O5Si/c1-17(2)19-11-13(21-17)14-16-15(22-18(3,4)23-16)12(20-14)9-8-10-24(5,6)7/h9,13-16H,11H2,1-7H3/b12-9+/t13-,14-,15-,16+/m1/s1. The van der Waals surface area contributed by atoms with E-state index < -0.39 is 19.6 Å². The molecule has 3 aliphatic rings. The molecule has 3 heterocycles. The Morgan fingerprint density at radius 1 is 1.00 bits per heavy atom. The van der Waals surface area contributed by atoms with Gasteiger partial charge in [0.2, 0.25) is 0 Å². The average molecular weight is 353 g/mol. The van der Waals surface area contributed by atoms with Crippen LogP contribution in [0.25, 0.3) is 0 Å². The van der Waals surface area contributed by atoms with Gasteiger partial charge in [0.15, 0.2) is 17.7 Å². The van der Waals surface area contributed by atoms with Crippen LogP contribution in [0.5, 0.6) is 0 Å². The van der Waals surface area contributed by atoms with Crippen molar-refractivity contribution < 1.29 is 23.7 Å². The molecule has 3 fully saturated rings. The molecule has 24 heavy (non-hydrogen) atoms. The summed E-state index contributed by atoms with van der Waals surface area (Å²) >= 11 is 0. The highest BCUT2D eigenvalue weighted by atomic mass is 28.3. The summed E-state index contributed by atoms with van der Waals surface area (Å²) in [7, 11) is -1.43. The fourth-order valence-corrected chi connectivity index (χ4v) is 3.65. The lowest BCUT2D eigenvalue weighted by molar-refractivity contribution is -0.187. The van der Waals surface area contributed by atoms with Gasteiger partial charge in [0.25, 0.3) is 0 Å². The summed E-state index contributed by atoms with van der Waals surface area (Å²) in [5.74, 6) is 2.65. The number of hydrogen-bond acceptors (Lipinski definition) is 5. The van der Waals surface area contributed by atoms with Crippen LogP contribution in [0.1, 0.15) is 27.7 Å². The van der Waals surface area contributed by atoms with E-state index in [-0.39, 0.29) is 24.4 Å². The van der Waals surface area contributed by atoms with Gasteiger partial charge in [-0.3, -0.25) is 0 Å². The van der Waals surface area contributed by atoms with E-state index in [1.54, 1.807) is 0 Å². The minimum Gasteiger partial charge on any atom is -0.486 e. The number of allylic oxidation sites excluding steroid dienone is 1. The van der Waals surface area contributed by atoms with E-state index in [0.29, 0.717) is 6.61 Å². The highest BCUT2D eigenvalue weighted by Crippen LogP contribution is 2.43. The highest BCUT2D eigenvalue weighted by molar-refractivity contribution is 6.83. The molecule has 0 amide bonds. The third-order valence-electron chi connectivity index (χ3n) is 4.06. The van der Waals surface area contributed by atoms with Crippen molar-refractivity contribution in [1.29, 1.82) is 0 Å². The molecule has 4 atom stereocenters. The van der Waals surface area contributed by atoms with Gasteiger partial charge in [0.05, 0.1) is 6.61 Å². The Labute approximate surface area is 145 Å². The maximum absolute atomic E-state index is 6.13. The summed E-state index contributed by atoms with van der Waals surface area (Å²) in [6, 6.07) is 0. The van der Waals surface area contributed by atoms with Gasteiger partial charge in [-0.25, -0.2) is 0 Å². The second-order valence-electron chi connectivity index (χ2n) is 8.54. The number of rotatable bonds is 1. The van der Waals surface area contributed by atoms with Crippen molar-refractivity contribution in [1.82, 2.24) is 0 Å². The first-order valence-electron chi connectivity index (χ1n) is 8.53. The summed E-state index contributed by atoms with van der Waals surface area (Å²) in [4.78, 5) is 0. The molecule has 5 nitrogen and oxygen atoms in total. The number of ether oxygens (including phenoxy) is 5. The fourth-order valence-electron chi connectivity index (χ4n) is 3.15. The summed E-state index contributed by atoms with van der Waals surface area (Å²) in [5, 5.41) is 0. The van der Waals surface area contributed by atoms with Crippen LogP contribution < -0.4 is 0 Å². The molecule has 0 aliphatic carbocycles. The van der Waals surface area contributed by atoms with Crippen molar-refractivity contribution in [2.45, 2.75) is 83.3 Å². The first kappa shape index (κ1) is 18.0. The summed E-state index contributed by atoms with van der Waals surface area (Å²) < 4.78 is 29.9. The van der Waals surface area contributed by atoms with E-state index in [4.69, 9.17) is 23.7 Å². The van der Waals surface area contributed by atoms with Gasteiger partial charge < -0.3 is 23.7 Å². The molecule has 0 aromatic heterocycles. The molecule has 0 saturated carbocycles. The smallest absolute Gasteiger partial charge is 0.164 e. The second kappa shape index (κ2) is 5.86. The van der Waals surface area contributed by atoms with Gasteiger partial charge >= 0.3 is 0 Å². The SMILES string of the molecule is CC1(C)O[C@H]2[C@@H]([C@H]3COC(C)(C)O3)O/C(=C/C#C[Si](C)(C)C)[C@H]2O1. The van der Waals surface area contributed by atoms with Gasteiger partial charge in [-0.15, -0.1) is 5.54 Å². The Bertz CT molecular complexity index is 593. The molecular weight excluding hydrogens is 324 g/mol. The Balaban J connectivity index is 1.82. The van der Waals surface area contributed by atoms with Crippen molar-refractivity contribution >= 4 is 8.07 Å². The molecule has 3 saturated heterocycles. The third-order valence-corrected chi connectivity index (χ3v) is 4.96. The second-order valence-corrected chi connectivity index (χ2v) is 13.3. The Morgan fingerprint density at radius 3 is 2.29 bits per heavy atom. The largest absolute Gasteiger partial charge is 0.486 e. The van der Waals surface area contributed by atoms with Gasteiger partial charge in [-0.05, 0) is 27.7 Å². The van der Waals surface area contributed by atoms with Crippen LogP contribution in [0.15, 0.2) is 11.8 Å². The van der Waals surface area contributed by atoms with E-state index in [1.807, 2.05) is 33.8 Å². The maximum Gasteiger partial charge on any atom is 0.164 e. The Morgan fingerprint density at radius 2 is 1.71 bits per heavy atom. The molecule has 0 unspecified atom stereocenters. The van der Waals surface area contributed by atoms with Gasteiger partial charge in [-0.1, -0.05) is 25.6 Å². The summed E-state index contributed by atoms with van der Waals surface area (Å²) in [6.07, 6.45) is 0.955. The molecule has 0 radical (unpaired) electrons. The predicted octanol–water partition coefficient (Wildman–Crippen LogP) is 2.82. The molecule has 134 valence electrons. The van der Waals surface area contributed by atoms with Crippen LogP contribution in [0.2, 0.25) is 19.6 Å². The van der Waals surface area contributed by atoms with Gasteiger partial charge in [-0.2, -0.15) is 0 Å². The topological polar surface area (TPSA) is 46.2 Å². The van der Waals surface area contributed by atoms with Crippen molar-refractivity contribution in [2.75, 3.05) is 6.61 Å².